The Morgan fingerprint density at radius 2 is 1.48 bits per heavy atom. The van der Waals surface area contributed by atoms with Crippen molar-refractivity contribution < 1.29 is 27.8 Å². The Morgan fingerprint density at radius 1 is 0.775 bits per heavy atom. The summed E-state index contributed by atoms with van der Waals surface area (Å²) in [6.07, 6.45) is 5.94. The van der Waals surface area contributed by atoms with Gasteiger partial charge in [0.05, 0.1) is 19.8 Å². The number of nitrogens with zero attached hydrogens (tertiary/aromatic N) is 1. The third kappa shape index (κ3) is 7.30. The molecule has 0 heterocycles. The fourth-order valence-corrected chi connectivity index (χ4v) is 5.07. The molecule has 3 aromatic carbocycles. The molecular formula is C33H33F2NO4. The first-order chi connectivity index (χ1) is 19.3. The Kier molecular flexibility index (Phi) is 9.61. The lowest BCUT2D eigenvalue weighted by molar-refractivity contribution is -0.136. The first-order valence-electron chi connectivity index (χ1n) is 13.2. The number of methoxy groups -OCH3 is 2. The Labute approximate surface area is 233 Å². The highest BCUT2D eigenvalue weighted by Crippen LogP contribution is 2.30. The van der Waals surface area contributed by atoms with Gasteiger partial charge < -0.3 is 9.47 Å². The van der Waals surface area contributed by atoms with E-state index in [0.29, 0.717) is 42.8 Å². The summed E-state index contributed by atoms with van der Waals surface area (Å²) in [5, 5.41) is 0. The van der Waals surface area contributed by atoms with Crippen LogP contribution >= 0.6 is 0 Å². The van der Waals surface area contributed by atoms with E-state index < -0.39 is 17.6 Å². The smallest absolute Gasteiger partial charge is 0.338 e. The summed E-state index contributed by atoms with van der Waals surface area (Å²) in [4.78, 5) is 26.7. The molecule has 0 saturated heterocycles. The van der Waals surface area contributed by atoms with Crippen LogP contribution in [-0.4, -0.2) is 37.6 Å². The predicted octanol–water partition coefficient (Wildman–Crippen LogP) is 6.94. The number of carbonyl (C=O) groups is 2. The Balaban J connectivity index is 1.69. The van der Waals surface area contributed by atoms with Gasteiger partial charge in [-0.2, -0.15) is 0 Å². The second-order valence-corrected chi connectivity index (χ2v) is 9.97. The number of carbonyl (C=O) groups excluding carboxylic acids is 2. The molecule has 0 aliphatic heterocycles. The van der Waals surface area contributed by atoms with E-state index in [-0.39, 0.29) is 5.97 Å². The largest absolute Gasteiger partial charge is 0.466 e. The van der Waals surface area contributed by atoms with Gasteiger partial charge in [0.25, 0.3) is 0 Å². The first-order valence-corrected chi connectivity index (χ1v) is 13.2. The van der Waals surface area contributed by atoms with E-state index in [0.717, 1.165) is 46.7 Å². The molecule has 4 rings (SSSR count). The summed E-state index contributed by atoms with van der Waals surface area (Å²) in [7, 11) is 2.73. The maximum atomic E-state index is 14.0. The number of hydrogen-bond acceptors (Lipinski definition) is 5. The molecule has 0 unspecified atom stereocenters. The zero-order chi connectivity index (χ0) is 28.6. The average molecular weight is 546 g/mol. The highest BCUT2D eigenvalue weighted by molar-refractivity contribution is 5.97. The van der Waals surface area contributed by atoms with E-state index in [1.165, 1.54) is 26.4 Å². The molecule has 0 N–H and O–H groups in total. The minimum atomic E-state index is -0.626. The van der Waals surface area contributed by atoms with Crippen LogP contribution in [0.25, 0.3) is 11.1 Å². The summed E-state index contributed by atoms with van der Waals surface area (Å²) in [5.74, 6) is -2.01. The number of hydrogen-bond donors (Lipinski definition) is 0. The van der Waals surface area contributed by atoms with E-state index in [1.807, 2.05) is 49.4 Å². The van der Waals surface area contributed by atoms with Crippen LogP contribution in [0.4, 0.5) is 8.78 Å². The van der Waals surface area contributed by atoms with Gasteiger partial charge in [0, 0.05) is 31.3 Å². The van der Waals surface area contributed by atoms with Gasteiger partial charge in [-0.3, -0.25) is 4.90 Å². The Hall–Kier alpha value is -4.10. The van der Waals surface area contributed by atoms with E-state index in [4.69, 9.17) is 9.47 Å². The highest BCUT2D eigenvalue weighted by Gasteiger charge is 2.19. The second-order valence-electron chi connectivity index (χ2n) is 9.97. The molecule has 208 valence electrons. The van der Waals surface area contributed by atoms with Crippen molar-refractivity contribution >= 4 is 11.9 Å². The van der Waals surface area contributed by atoms with E-state index in [2.05, 4.69) is 4.90 Å². The number of aryl methyl sites for hydroxylation is 1. The molecule has 0 amide bonds. The lowest BCUT2D eigenvalue weighted by Gasteiger charge is -2.25. The third-order valence-corrected chi connectivity index (χ3v) is 7.00. The predicted molar refractivity (Wildman–Crippen MR) is 150 cm³/mol. The lowest BCUT2D eigenvalue weighted by Crippen LogP contribution is -2.25. The summed E-state index contributed by atoms with van der Waals surface area (Å²) < 4.78 is 38.0. The Bertz CT molecular complexity index is 1440. The molecule has 7 heteroatoms. The van der Waals surface area contributed by atoms with Gasteiger partial charge in [0.15, 0.2) is 0 Å². The van der Waals surface area contributed by atoms with Crippen LogP contribution in [0.5, 0.6) is 0 Å². The summed E-state index contributed by atoms with van der Waals surface area (Å²) in [6, 6.07) is 17.0. The van der Waals surface area contributed by atoms with Crippen molar-refractivity contribution in [1.82, 2.24) is 4.90 Å². The molecule has 3 aromatic rings. The van der Waals surface area contributed by atoms with Gasteiger partial charge in [-0.05, 0) is 78.3 Å². The third-order valence-electron chi connectivity index (χ3n) is 7.00. The maximum Gasteiger partial charge on any atom is 0.338 e. The molecular weight excluding hydrogens is 512 g/mol. The Morgan fingerprint density at radius 3 is 2.17 bits per heavy atom. The molecule has 0 spiro atoms. The molecule has 0 saturated carbocycles. The van der Waals surface area contributed by atoms with E-state index in [1.54, 1.807) is 12.1 Å². The van der Waals surface area contributed by atoms with Gasteiger partial charge in [0.2, 0.25) is 0 Å². The monoisotopic (exact) mass is 545 g/mol. The van der Waals surface area contributed by atoms with Crippen LogP contribution in [-0.2, 0) is 27.4 Å². The van der Waals surface area contributed by atoms with Crippen LogP contribution in [0.3, 0.4) is 0 Å². The minimum absolute atomic E-state index is 0.304. The standard InChI is InChI=1S/C33H33F2NO4/c1-22-7-4-5-10-29(22)31-17-24(12-14-30(31)33(38)40-3)20-36(21-25-15-27(34)18-28(35)16-25)19-23-8-6-9-26(13-11-23)32(37)39-2/h4-5,7,10-18H,6,8-9,19-21H2,1-3H3. The summed E-state index contributed by atoms with van der Waals surface area (Å²) >= 11 is 0. The number of esters is 2. The van der Waals surface area contributed by atoms with Crippen molar-refractivity contribution in [3.63, 3.8) is 0 Å². The van der Waals surface area contributed by atoms with Crippen molar-refractivity contribution in [2.75, 3.05) is 20.8 Å². The fourth-order valence-electron chi connectivity index (χ4n) is 5.07. The van der Waals surface area contributed by atoms with Crippen LogP contribution < -0.4 is 0 Å². The lowest BCUT2D eigenvalue weighted by atomic mass is 9.94. The highest BCUT2D eigenvalue weighted by atomic mass is 19.1. The van der Waals surface area contributed by atoms with Crippen molar-refractivity contribution in [2.45, 2.75) is 39.3 Å². The fraction of sp³-hybridized carbons (Fsp3) is 0.273. The maximum absolute atomic E-state index is 14.0. The van der Waals surface area contributed by atoms with E-state index >= 15 is 0 Å². The average Bonchev–Trinajstić information content (AvgIpc) is 3.17. The van der Waals surface area contributed by atoms with Crippen LogP contribution in [0.2, 0.25) is 0 Å². The number of halogens is 2. The quantitative estimate of drug-likeness (QED) is 0.273. The molecule has 0 bridgehead atoms. The minimum Gasteiger partial charge on any atom is -0.466 e. The SMILES string of the molecule is COC(=O)C1=CC=C(CN(Cc2cc(F)cc(F)c2)Cc2ccc(C(=O)OC)c(-c3ccccc3C)c2)CCC1. The van der Waals surface area contributed by atoms with Crippen molar-refractivity contribution in [2.24, 2.45) is 0 Å². The van der Waals surface area contributed by atoms with Crippen molar-refractivity contribution in [3.05, 3.63) is 118 Å². The number of rotatable bonds is 9. The van der Waals surface area contributed by atoms with Crippen molar-refractivity contribution in [1.29, 1.82) is 0 Å². The van der Waals surface area contributed by atoms with Crippen molar-refractivity contribution in [3.8, 4) is 11.1 Å². The molecule has 0 atom stereocenters. The molecule has 5 nitrogen and oxygen atoms in total. The summed E-state index contributed by atoms with van der Waals surface area (Å²) in [6.45, 7) is 3.28. The number of allylic oxidation sites excluding steroid dienone is 2. The van der Waals surface area contributed by atoms with Crippen LogP contribution in [0.1, 0.15) is 46.3 Å². The van der Waals surface area contributed by atoms with Gasteiger partial charge in [0.1, 0.15) is 11.6 Å². The molecule has 0 fully saturated rings. The van der Waals surface area contributed by atoms with Gasteiger partial charge in [-0.25, -0.2) is 18.4 Å². The van der Waals surface area contributed by atoms with E-state index in [9.17, 15) is 18.4 Å². The normalized spacial score (nSPS) is 13.3. The second kappa shape index (κ2) is 13.3. The van der Waals surface area contributed by atoms with Gasteiger partial charge in [-0.15, -0.1) is 0 Å². The van der Waals surface area contributed by atoms with Gasteiger partial charge in [-0.1, -0.05) is 48.1 Å². The molecule has 1 aliphatic carbocycles. The molecule has 1 aliphatic rings. The molecule has 0 aromatic heterocycles. The zero-order valence-electron chi connectivity index (χ0n) is 23.0. The first kappa shape index (κ1) is 28.9. The molecule has 40 heavy (non-hydrogen) atoms. The van der Waals surface area contributed by atoms with Crippen LogP contribution in [0.15, 0.2) is 84.0 Å². The topological polar surface area (TPSA) is 55.8 Å². The number of benzene rings is 3. The number of ether oxygens (including phenoxy) is 2. The summed E-state index contributed by atoms with van der Waals surface area (Å²) in [5.41, 5.74) is 6.35. The van der Waals surface area contributed by atoms with Gasteiger partial charge >= 0.3 is 11.9 Å². The van der Waals surface area contributed by atoms with Crippen LogP contribution in [0, 0.1) is 18.6 Å². The molecule has 0 radical (unpaired) electrons. The zero-order valence-corrected chi connectivity index (χ0v) is 23.0.